The van der Waals surface area contributed by atoms with Gasteiger partial charge in [0.15, 0.2) is 0 Å². The van der Waals surface area contributed by atoms with Crippen LogP contribution in [0.2, 0.25) is 0 Å². The SMILES string of the molecule is CCOC(=O)/C([S-])=C(/[S-])C(=O)OCC.[Co].c1cc[cH-]c1. The van der Waals surface area contributed by atoms with Crippen LogP contribution in [0.15, 0.2) is 40.1 Å². The molecule has 7 heteroatoms. The van der Waals surface area contributed by atoms with Crippen molar-refractivity contribution in [3.05, 3.63) is 40.1 Å². The molecule has 0 heterocycles. The van der Waals surface area contributed by atoms with Gasteiger partial charge in [-0.2, -0.15) is 18.2 Å². The third-order valence-corrected chi connectivity index (χ3v) is 2.55. The zero-order valence-corrected chi connectivity index (χ0v) is 13.8. The van der Waals surface area contributed by atoms with Crippen LogP contribution in [0.25, 0.3) is 0 Å². The molecule has 115 valence electrons. The second-order valence-corrected chi connectivity index (χ2v) is 3.88. The van der Waals surface area contributed by atoms with E-state index in [-0.39, 0.29) is 39.8 Å². The molecule has 1 aromatic carbocycles. The van der Waals surface area contributed by atoms with E-state index in [2.05, 4.69) is 34.7 Å². The third-order valence-electron chi connectivity index (χ3n) is 1.68. The minimum Gasteiger partial charge on any atom is -0.774 e. The molecule has 4 nitrogen and oxygen atoms in total. The second kappa shape index (κ2) is 13.0. The van der Waals surface area contributed by atoms with E-state index in [0.717, 1.165) is 0 Å². The van der Waals surface area contributed by atoms with Gasteiger partial charge in [0.25, 0.3) is 0 Å². The van der Waals surface area contributed by atoms with Gasteiger partial charge < -0.3 is 34.7 Å². The maximum atomic E-state index is 11.0. The molecule has 1 radical (unpaired) electrons. The van der Waals surface area contributed by atoms with E-state index in [1.807, 2.05) is 30.3 Å². The summed E-state index contributed by atoms with van der Waals surface area (Å²) in [5.74, 6) is -1.53. The maximum Gasteiger partial charge on any atom is 0.310 e. The van der Waals surface area contributed by atoms with Crippen molar-refractivity contribution in [1.29, 1.82) is 0 Å². The molecule has 0 aliphatic carbocycles. The van der Waals surface area contributed by atoms with E-state index in [4.69, 9.17) is 0 Å². The molecule has 1 aromatic rings. The van der Waals surface area contributed by atoms with Gasteiger partial charge in [-0.15, -0.1) is 9.81 Å². The Bertz CT molecular complexity index is 373. The number of hydrogen-bond acceptors (Lipinski definition) is 6. The summed E-state index contributed by atoms with van der Waals surface area (Å²) in [6.45, 7) is 3.64. The summed E-state index contributed by atoms with van der Waals surface area (Å²) in [7, 11) is 0. The first-order valence-electron chi connectivity index (χ1n) is 5.63. The fourth-order valence-electron chi connectivity index (χ4n) is 0.899. The van der Waals surface area contributed by atoms with Gasteiger partial charge in [-0.1, -0.05) is 0 Å². The van der Waals surface area contributed by atoms with Crippen molar-refractivity contribution in [1.82, 2.24) is 0 Å². The first-order chi connectivity index (χ1) is 9.04. The van der Waals surface area contributed by atoms with Crippen LogP contribution >= 0.6 is 0 Å². The molecule has 0 amide bonds. The summed E-state index contributed by atoms with van der Waals surface area (Å²) < 4.78 is 9.16. The van der Waals surface area contributed by atoms with Gasteiger partial charge in [0, 0.05) is 16.8 Å². The topological polar surface area (TPSA) is 52.6 Å². The average Bonchev–Trinajstić information content (AvgIpc) is 2.96. The number of rotatable bonds is 4. The molecule has 0 unspecified atom stereocenters. The zero-order chi connectivity index (χ0) is 14.7. The van der Waals surface area contributed by atoms with Crippen LogP contribution in [-0.2, 0) is 61.1 Å². The average molecular weight is 358 g/mol. The van der Waals surface area contributed by atoms with Crippen molar-refractivity contribution in [3.63, 3.8) is 0 Å². The fourth-order valence-corrected chi connectivity index (χ4v) is 1.18. The quantitative estimate of drug-likeness (QED) is 0.354. The molecule has 0 aliphatic rings. The van der Waals surface area contributed by atoms with E-state index >= 15 is 0 Å². The predicted octanol–water partition coefficient (Wildman–Crippen LogP) is 1.82. The molecule has 0 aromatic heterocycles. The molecule has 0 fully saturated rings. The van der Waals surface area contributed by atoms with E-state index < -0.39 is 11.9 Å². The molecule has 0 N–H and O–H groups in total. The van der Waals surface area contributed by atoms with Gasteiger partial charge in [0.05, 0.1) is 13.2 Å². The standard InChI is InChI=1S/C8H12O4S2.C5H5.Co/c1-3-11-7(9)5(13)6(14)8(10)12-4-2;1-2-4-5-3-1;/h13-14H,3-4H2,1-2H3;1-5H;/q;-1;/p-2/b6-5-;;. The van der Waals surface area contributed by atoms with Crippen molar-refractivity contribution >= 4 is 37.2 Å². The van der Waals surface area contributed by atoms with Crippen LogP contribution in [0.4, 0.5) is 0 Å². The fraction of sp³-hybridized carbons (Fsp3) is 0.308. The van der Waals surface area contributed by atoms with Crippen LogP contribution in [-0.4, -0.2) is 25.2 Å². The Morgan fingerprint density at radius 2 is 1.30 bits per heavy atom. The van der Waals surface area contributed by atoms with Gasteiger partial charge in [-0.25, -0.2) is 21.7 Å². The molecule has 20 heavy (non-hydrogen) atoms. The van der Waals surface area contributed by atoms with Crippen molar-refractivity contribution in [2.45, 2.75) is 13.8 Å². The minimum atomic E-state index is -0.763. The normalized spacial score (nSPS) is 10.1. The van der Waals surface area contributed by atoms with Crippen molar-refractivity contribution in [2.75, 3.05) is 13.2 Å². The van der Waals surface area contributed by atoms with Gasteiger partial charge in [-0.05, 0) is 13.8 Å². The largest absolute Gasteiger partial charge is 0.774 e. The first-order valence-corrected chi connectivity index (χ1v) is 6.45. The van der Waals surface area contributed by atoms with Crippen LogP contribution in [0, 0.1) is 0 Å². The molecular formula is C13H15CoO4S2-3. The molecule has 0 saturated carbocycles. The van der Waals surface area contributed by atoms with Crippen molar-refractivity contribution < 1.29 is 35.8 Å². The first kappa shape index (κ1) is 21.3. The van der Waals surface area contributed by atoms with Gasteiger partial charge in [0.1, 0.15) is 0 Å². The van der Waals surface area contributed by atoms with E-state index in [9.17, 15) is 9.59 Å². The van der Waals surface area contributed by atoms with Crippen LogP contribution in [0.1, 0.15) is 13.8 Å². The van der Waals surface area contributed by atoms with E-state index in [0.29, 0.717) is 0 Å². The Morgan fingerprint density at radius 1 is 0.950 bits per heavy atom. The monoisotopic (exact) mass is 358 g/mol. The third kappa shape index (κ3) is 8.97. The maximum absolute atomic E-state index is 11.0. The Balaban J connectivity index is 0. The summed E-state index contributed by atoms with van der Waals surface area (Å²) in [5, 5.41) is 0. The van der Waals surface area contributed by atoms with Crippen molar-refractivity contribution in [3.8, 4) is 0 Å². The molecule has 0 aliphatic heterocycles. The van der Waals surface area contributed by atoms with E-state index in [1.54, 1.807) is 13.8 Å². The molecule has 1 rings (SSSR count). The Hall–Kier alpha value is -1.02. The number of esters is 2. The van der Waals surface area contributed by atoms with Gasteiger partial charge >= 0.3 is 11.9 Å². The van der Waals surface area contributed by atoms with Crippen molar-refractivity contribution in [2.24, 2.45) is 0 Å². The summed E-state index contributed by atoms with van der Waals surface area (Å²) in [5.41, 5.74) is 0. The number of carbonyl (C=O) groups is 2. The van der Waals surface area contributed by atoms with Crippen LogP contribution < -0.4 is 0 Å². The molecule has 0 bridgehead atoms. The second-order valence-electron chi connectivity index (χ2n) is 3.06. The molecule has 0 spiro atoms. The Kier molecular flexibility index (Phi) is 13.8. The minimum absolute atomic E-state index is 0. The van der Waals surface area contributed by atoms with Crippen LogP contribution in [0.3, 0.4) is 0 Å². The smallest absolute Gasteiger partial charge is 0.310 e. The predicted molar refractivity (Wildman–Crippen MR) is 77.1 cm³/mol. The summed E-state index contributed by atoms with van der Waals surface area (Å²) >= 11 is 9.28. The molecule has 0 atom stereocenters. The van der Waals surface area contributed by atoms with Crippen LogP contribution in [0.5, 0.6) is 0 Å². The number of carbonyl (C=O) groups excluding carboxylic acids is 2. The molecular weight excluding hydrogens is 343 g/mol. The number of hydrogen-bond donors (Lipinski definition) is 0. The Morgan fingerprint density at radius 3 is 1.50 bits per heavy atom. The summed E-state index contributed by atoms with van der Waals surface area (Å²) in [6, 6.07) is 10.0. The van der Waals surface area contributed by atoms with E-state index in [1.165, 1.54) is 0 Å². The Labute approximate surface area is 140 Å². The van der Waals surface area contributed by atoms with Gasteiger partial charge in [-0.3, -0.25) is 0 Å². The summed E-state index contributed by atoms with van der Waals surface area (Å²) in [6.07, 6.45) is 0. The van der Waals surface area contributed by atoms with Gasteiger partial charge in [0.2, 0.25) is 0 Å². The zero-order valence-electron chi connectivity index (χ0n) is 11.1. The molecule has 0 saturated heterocycles. The summed E-state index contributed by atoms with van der Waals surface area (Å²) in [4.78, 5) is 21.5. The number of ether oxygens (including phenoxy) is 2.